The molecule has 3 nitrogen and oxygen atoms in total. The maximum absolute atomic E-state index is 5.39. The van der Waals surface area contributed by atoms with Crippen LogP contribution in [-0.2, 0) is 4.74 Å². The first-order chi connectivity index (χ1) is 7.89. The average molecular weight is 224 g/mol. The minimum Gasteiger partial charge on any atom is -0.379 e. The van der Waals surface area contributed by atoms with E-state index in [4.69, 9.17) is 4.74 Å². The first-order valence-electron chi connectivity index (χ1n) is 6.98. The minimum absolute atomic E-state index is 0.677. The van der Waals surface area contributed by atoms with Crippen molar-refractivity contribution in [1.29, 1.82) is 0 Å². The van der Waals surface area contributed by atoms with Gasteiger partial charge in [0.05, 0.1) is 13.2 Å². The van der Waals surface area contributed by atoms with E-state index in [1.165, 1.54) is 44.9 Å². The van der Waals surface area contributed by atoms with E-state index in [0.29, 0.717) is 5.41 Å². The van der Waals surface area contributed by atoms with Gasteiger partial charge in [-0.15, -0.1) is 0 Å². The lowest BCUT2D eigenvalue weighted by Crippen LogP contribution is -2.61. The highest BCUT2D eigenvalue weighted by Crippen LogP contribution is 2.51. The molecule has 1 atom stereocenters. The highest BCUT2D eigenvalue weighted by atomic mass is 16.5. The van der Waals surface area contributed by atoms with Crippen LogP contribution in [0.4, 0.5) is 0 Å². The summed E-state index contributed by atoms with van der Waals surface area (Å²) in [5.74, 6) is 0. The Morgan fingerprint density at radius 3 is 2.38 bits per heavy atom. The molecular formula is C13H24N2O. The maximum Gasteiger partial charge on any atom is 0.0608 e. The summed E-state index contributed by atoms with van der Waals surface area (Å²) in [6.45, 7) is 3.92. The predicted molar refractivity (Wildman–Crippen MR) is 64.1 cm³/mol. The zero-order chi connectivity index (χ0) is 10.8. The smallest absolute Gasteiger partial charge is 0.0608 e. The summed E-state index contributed by atoms with van der Waals surface area (Å²) in [4.78, 5) is 0. The third-order valence-corrected chi connectivity index (χ3v) is 4.87. The third kappa shape index (κ3) is 2.01. The summed E-state index contributed by atoms with van der Waals surface area (Å²) in [5, 5.41) is 2.39. The van der Waals surface area contributed by atoms with E-state index in [2.05, 4.69) is 10.4 Å². The number of hydrogen-bond acceptors (Lipinski definition) is 3. The van der Waals surface area contributed by atoms with E-state index < -0.39 is 0 Å². The summed E-state index contributed by atoms with van der Waals surface area (Å²) < 4.78 is 5.39. The summed E-state index contributed by atoms with van der Waals surface area (Å²) in [5.41, 5.74) is 4.45. The molecule has 1 unspecified atom stereocenters. The van der Waals surface area contributed by atoms with Crippen LogP contribution in [0.25, 0.3) is 0 Å². The van der Waals surface area contributed by atoms with Crippen LogP contribution in [0.1, 0.15) is 44.9 Å². The van der Waals surface area contributed by atoms with Crippen molar-refractivity contribution in [3.8, 4) is 0 Å². The second-order valence-electron chi connectivity index (χ2n) is 5.74. The molecule has 0 radical (unpaired) electrons. The van der Waals surface area contributed by atoms with Crippen molar-refractivity contribution < 1.29 is 4.74 Å². The van der Waals surface area contributed by atoms with Gasteiger partial charge in [0.15, 0.2) is 0 Å². The molecule has 2 saturated carbocycles. The van der Waals surface area contributed by atoms with Gasteiger partial charge in [-0.3, -0.25) is 5.43 Å². The number of nitrogens with zero attached hydrogens (tertiary/aromatic N) is 1. The Kier molecular flexibility index (Phi) is 3.18. The zero-order valence-corrected chi connectivity index (χ0v) is 10.2. The Bertz CT molecular complexity index is 232. The van der Waals surface area contributed by atoms with E-state index in [-0.39, 0.29) is 0 Å². The van der Waals surface area contributed by atoms with Crippen LogP contribution in [0.2, 0.25) is 0 Å². The molecule has 0 aromatic rings. The fourth-order valence-electron chi connectivity index (χ4n) is 3.67. The molecule has 1 saturated heterocycles. The van der Waals surface area contributed by atoms with Crippen molar-refractivity contribution in [1.82, 2.24) is 10.4 Å². The predicted octanol–water partition coefficient (Wildman–Crippen LogP) is 1.94. The van der Waals surface area contributed by atoms with Crippen molar-refractivity contribution in [2.24, 2.45) is 5.41 Å². The Hall–Kier alpha value is -0.120. The van der Waals surface area contributed by atoms with E-state index in [0.717, 1.165) is 32.3 Å². The normalized spacial score (nSPS) is 34.9. The lowest BCUT2D eigenvalue weighted by Gasteiger charge is -2.54. The molecule has 0 aromatic carbocycles. The topological polar surface area (TPSA) is 24.5 Å². The van der Waals surface area contributed by atoms with E-state index >= 15 is 0 Å². The van der Waals surface area contributed by atoms with Gasteiger partial charge in [-0.05, 0) is 31.1 Å². The molecule has 0 amide bonds. The fourth-order valence-corrected chi connectivity index (χ4v) is 3.67. The van der Waals surface area contributed by atoms with E-state index in [1.54, 1.807) is 0 Å². The minimum atomic E-state index is 0.677. The summed E-state index contributed by atoms with van der Waals surface area (Å²) in [7, 11) is 0. The molecule has 3 fully saturated rings. The molecule has 1 heterocycles. The monoisotopic (exact) mass is 224 g/mol. The van der Waals surface area contributed by atoms with Gasteiger partial charge in [0.1, 0.15) is 0 Å². The Balaban J connectivity index is 1.54. The SMILES string of the molecule is C1CCC2(CC1)CCC2NN1CCOCC1. The summed E-state index contributed by atoms with van der Waals surface area (Å²) in [6.07, 6.45) is 10.2. The molecule has 1 N–H and O–H groups in total. The third-order valence-electron chi connectivity index (χ3n) is 4.87. The summed E-state index contributed by atoms with van der Waals surface area (Å²) in [6, 6.07) is 0.769. The second-order valence-corrected chi connectivity index (χ2v) is 5.74. The number of nitrogens with one attached hydrogen (secondary N) is 1. The molecule has 3 rings (SSSR count). The van der Waals surface area contributed by atoms with Crippen molar-refractivity contribution in [3.63, 3.8) is 0 Å². The molecule has 3 heteroatoms. The fraction of sp³-hybridized carbons (Fsp3) is 1.00. The number of hydrogen-bond donors (Lipinski definition) is 1. The molecule has 0 aromatic heterocycles. The number of rotatable bonds is 2. The molecule has 1 spiro atoms. The van der Waals surface area contributed by atoms with Crippen LogP contribution in [0.3, 0.4) is 0 Å². The van der Waals surface area contributed by atoms with Crippen LogP contribution in [0, 0.1) is 5.41 Å². The van der Waals surface area contributed by atoms with Gasteiger partial charge in [-0.2, -0.15) is 0 Å². The number of hydrazine groups is 1. The zero-order valence-electron chi connectivity index (χ0n) is 10.2. The van der Waals surface area contributed by atoms with Crippen LogP contribution in [-0.4, -0.2) is 37.4 Å². The Morgan fingerprint density at radius 1 is 1.00 bits per heavy atom. The molecule has 92 valence electrons. The molecule has 0 bridgehead atoms. The van der Waals surface area contributed by atoms with Gasteiger partial charge in [-0.25, -0.2) is 5.01 Å². The van der Waals surface area contributed by atoms with E-state index in [9.17, 15) is 0 Å². The van der Waals surface area contributed by atoms with Gasteiger partial charge in [0, 0.05) is 19.1 Å². The van der Waals surface area contributed by atoms with Gasteiger partial charge >= 0.3 is 0 Å². The Morgan fingerprint density at radius 2 is 1.75 bits per heavy atom. The summed E-state index contributed by atoms with van der Waals surface area (Å²) >= 11 is 0. The quantitative estimate of drug-likeness (QED) is 0.776. The van der Waals surface area contributed by atoms with Gasteiger partial charge in [-0.1, -0.05) is 19.3 Å². The molecule has 2 aliphatic carbocycles. The van der Waals surface area contributed by atoms with Crippen LogP contribution in [0.15, 0.2) is 0 Å². The largest absolute Gasteiger partial charge is 0.379 e. The van der Waals surface area contributed by atoms with Crippen molar-refractivity contribution in [3.05, 3.63) is 0 Å². The standard InChI is InChI=1S/C13H24N2O/c1-2-5-13(6-3-1)7-4-12(13)14-15-8-10-16-11-9-15/h12,14H,1-11H2. The number of ether oxygens (including phenoxy) is 1. The van der Waals surface area contributed by atoms with Crippen LogP contribution < -0.4 is 5.43 Å². The molecular weight excluding hydrogens is 200 g/mol. The second kappa shape index (κ2) is 4.63. The van der Waals surface area contributed by atoms with Gasteiger partial charge in [0.2, 0.25) is 0 Å². The molecule has 3 aliphatic rings. The maximum atomic E-state index is 5.39. The highest BCUT2D eigenvalue weighted by molar-refractivity contribution is 5.01. The first-order valence-corrected chi connectivity index (χ1v) is 6.98. The van der Waals surface area contributed by atoms with Crippen LogP contribution in [0.5, 0.6) is 0 Å². The van der Waals surface area contributed by atoms with Crippen molar-refractivity contribution in [2.75, 3.05) is 26.3 Å². The molecule has 1 aliphatic heterocycles. The average Bonchev–Trinajstić information content (AvgIpc) is 2.37. The van der Waals surface area contributed by atoms with Crippen LogP contribution >= 0.6 is 0 Å². The van der Waals surface area contributed by atoms with Crippen molar-refractivity contribution >= 4 is 0 Å². The number of morpholine rings is 1. The van der Waals surface area contributed by atoms with Gasteiger partial charge < -0.3 is 4.74 Å². The highest BCUT2D eigenvalue weighted by Gasteiger charge is 2.47. The van der Waals surface area contributed by atoms with Crippen molar-refractivity contribution in [2.45, 2.75) is 51.0 Å². The lowest BCUT2D eigenvalue weighted by atomic mass is 9.57. The lowest BCUT2D eigenvalue weighted by molar-refractivity contribution is -0.0570. The Labute approximate surface area is 98.5 Å². The van der Waals surface area contributed by atoms with Gasteiger partial charge in [0.25, 0.3) is 0 Å². The first kappa shape index (κ1) is 11.0. The molecule has 16 heavy (non-hydrogen) atoms. The van der Waals surface area contributed by atoms with E-state index in [1.807, 2.05) is 0 Å².